The van der Waals surface area contributed by atoms with E-state index in [-0.39, 0.29) is 11.4 Å². The monoisotopic (exact) mass is 451 g/mol. The number of fused-ring (bicyclic) bond motifs is 1. The number of benzene rings is 3. The molecule has 0 amide bonds. The molecule has 4 rings (SSSR count). The summed E-state index contributed by atoms with van der Waals surface area (Å²) < 4.78 is 6.19. The number of aryl methyl sites for hydroxylation is 1. The van der Waals surface area contributed by atoms with Crippen molar-refractivity contribution in [3.8, 4) is 17.2 Å². The van der Waals surface area contributed by atoms with Crippen molar-refractivity contribution >= 4 is 44.6 Å². The Hall–Kier alpha value is -3.52. The molecule has 1 aromatic heterocycles. The summed E-state index contributed by atoms with van der Waals surface area (Å²) in [4.78, 5) is 19.5. The van der Waals surface area contributed by atoms with E-state index in [9.17, 15) is 15.2 Å². The molecule has 0 aliphatic carbocycles. The number of hydrogen-bond acceptors (Lipinski definition) is 6. The van der Waals surface area contributed by atoms with Gasteiger partial charge in [-0.1, -0.05) is 18.2 Å². The zero-order valence-electron chi connectivity index (χ0n) is 15.2. The number of aromatic hydroxyl groups is 1. The van der Waals surface area contributed by atoms with Crippen molar-refractivity contribution in [1.82, 2.24) is 4.98 Å². The SMILES string of the molecule is Cc1cccc2oc(-c3cc(N=Cc4ccc(Br)c([N+](=O)[O-])c4)ccc3O)nc12. The van der Waals surface area contributed by atoms with Gasteiger partial charge in [-0.3, -0.25) is 15.1 Å². The average Bonchev–Trinajstić information content (AvgIpc) is 3.13. The molecule has 7 nitrogen and oxygen atoms in total. The van der Waals surface area contributed by atoms with Crippen LogP contribution in [0.1, 0.15) is 11.1 Å². The van der Waals surface area contributed by atoms with Crippen molar-refractivity contribution in [2.45, 2.75) is 6.92 Å². The van der Waals surface area contributed by atoms with Gasteiger partial charge in [-0.25, -0.2) is 4.98 Å². The van der Waals surface area contributed by atoms with Crippen LogP contribution < -0.4 is 0 Å². The molecule has 0 unspecified atom stereocenters. The van der Waals surface area contributed by atoms with Gasteiger partial charge >= 0.3 is 0 Å². The third-order valence-corrected chi connectivity index (χ3v) is 5.03. The van der Waals surface area contributed by atoms with E-state index in [1.54, 1.807) is 24.3 Å². The Morgan fingerprint density at radius 1 is 1.21 bits per heavy atom. The number of halogens is 1. The maximum Gasteiger partial charge on any atom is 0.284 e. The molecule has 0 saturated heterocycles. The molecule has 0 radical (unpaired) electrons. The largest absolute Gasteiger partial charge is 0.507 e. The Kier molecular flexibility index (Phi) is 4.85. The number of rotatable bonds is 4. The number of para-hydroxylation sites is 1. The molecule has 0 aliphatic rings. The molecular formula is C21H14BrN3O4. The van der Waals surface area contributed by atoms with Crippen LogP contribution in [0.3, 0.4) is 0 Å². The summed E-state index contributed by atoms with van der Waals surface area (Å²) >= 11 is 3.16. The normalized spacial score (nSPS) is 11.4. The summed E-state index contributed by atoms with van der Waals surface area (Å²) in [5.74, 6) is 0.315. The van der Waals surface area contributed by atoms with Crippen molar-refractivity contribution in [3.05, 3.63) is 80.3 Å². The third kappa shape index (κ3) is 3.74. The Morgan fingerprint density at radius 2 is 2.03 bits per heavy atom. The molecule has 4 aromatic rings. The van der Waals surface area contributed by atoms with Crippen molar-refractivity contribution in [2.24, 2.45) is 4.99 Å². The highest BCUT2D eigenvalue weighted by Gasteiger charge is 2.14. The molecule has 0 bridgehead atoms. The molecule has 1 heterocycles. The Bertz CT molecular complexity index is 1280. The van der Waals surface area contributed by atoms with E-state index >= 15 is 0 Å². The minimum atomic E-state index is -0.463. The Morgan fingerprint density at radius 3 is 2.79 bits per heavy atom. The van der Waals surface area contributed by atoms with Gasteiger partial charge in [0.15, 0.2) is 5.58 Å². The lowest BCUT2D eigenvalue weighted by Gasteiger charge is -2.02. The van der Waals surface area contributed by atoms with Gasteiger partial charge in [0.2, 0.25) is 5.89 Å². The topological polar surface area (TPSA) is 102 Å². The predicted octanol–water partition coefficient (Wildman–Crippen LogP) is 5.93. The molecule has 3 aromatic carbocycles. The molecule has 0 spiro atoms. The summed E-state index contributed by atoms with van der Waals surface area (Å²) in [5.41, 5.74) is 3.84. The van der Waals surface area contributed by atoms with Gasteiger partial charge < -0.3 is 9.52 Å². The van der Waals surface area contributed by atoms with Crippen LogP contribution in [0, 0.1) is 17.0 Å². The highest BCUT2D eigenvalue weighted by Crippen LogP contribution is 2.34. The van der Waals surface area contributed by atoms with Crippen LogP contribution in [0.5, 0.6) is 5.75 Å². The number of nitro benzene ring substituents is 1. The first kappa shape index (κ1) is 18.8. The average molecular weight is 452 g/mol. The number of nitro groups is 1. The fourth-order valence-corrected chi connectivity index (χ4v) is 3.27. The Labute approximate surface area is 173 Å². The maximum absolute atomic E-state index is 11.1. The first-order chi connectivity index (χ1) is 13.9. The minimum absolute atomic E-state index is 0.0208. The third-order valence-electron chi connectivity index (χ3n) is 4.36. The van der Waals surface area contributed by atoms with Crippen LogP contribution in [0.15, 0.2) is 68.5 Å². The fourth-order valence-electron chi connectivity index (χ4n) is 2.88. The summed E-state index contributed by atoms with van der Waals surface area (Å²) in [5, 5.41) is 21.3. The Balaban J connectivity index is 1.70. The van der Waals surface area contributed by atoms with E-state index < -0.39 is 4.92 Å². The molecule has 0 atom stereocenters. The smallest absolute Gasteiger partial charge is 0.284 e. The second-order valence-corrected chi connectivity index (χ2v) is 7.22. The van der Waals surface area contributed by atoms with Crippen LogP contribution in [-0.4, -0.2) is 21.2 Å². The van der Waals surface area contributed by atoms with Crippen LogP contribution >= 0.6 is 15.9 Å². The number of oxazole rings is 1. The molecular weight excluding hydrogens is 438 g/mol. The molecule has 29 heavy (non-hydrogen) atoms. The fraction of sp³-hybridized carbons (Fsp3) is 0.0476. The van der Waals surface area contributed by atoms with Gasteiger partial charge in [0.25, 0.3) is 5.69 Å². The van der Waals surface area contributed by atoms with Crippen molar-refractivity contribution in [3.63, 3.8) is 0 Å². The molecule has 1 N–H and O–H groups in total. The second kappa shape index (κ2) is 7.48. The zero-order chi connectivity index (χ0) is 20.5. The van der Waals surface area contributed by atoms with Crippen LogP contribution in [0.4, 0.5) is 11.4 Å². The van der Waals surface area contributed by atoms with E-state index in [0.29, 0.717) is 32.8 Å². The molecule has 144 valence electrons. The summed E-state index contributed by atoms with van der Waals surface area (Å²) in [6, 6.07) is 15.2. The number of aliphatic imine (C=N–C) groups is 1. The quantitative estimate of drug-likeness (QED) is 0.235. The lowest BCUT2D eigenvalue weighted by Crippen LogP contribution is -1.91. The summed E-state index contributed by atoms with van der Waals surface area (Å²) in [6.45, 7) is 1.94. The molecule has 8 heteroatoms. The van der Waals surface area contributed by atoms with Crippen molar-refractivity contribution in [2.75, 3.05) is 0 Å². The van der Waals surface area contributed by atoms with Crippen LogP contribution in [-0.2, 0) is 0 Å². The zero-order valence-corrected chi connectivity index (χ0v) is 16.8. The van der Waals surface area contributed by atoms with E-state index in [4.69, 9.17) is 4.42 Å². The minimum Gasteiger partial charge on any atom is -0.507 e. The summed E-state index contributed by atoms with van der Waals surface area (Å²) in [7, 11) is 0. The lowest BCUT2D eigenvalue weighted by molar-refractivity contribution is -0.385. The summed E-state index contributed by atoms with van der Waals surface area (Å²) in [6.07, 6.45) is 1.52. The number of hydrogen-bond donors (Lipinski definition) is 1. The first-order valence-electron chi connectivity index (χ1n) is 8.60. The van der Waals surface area contributed by atoms with E-state index in [1.807, 2.05) is 25.1 Å². The van der Waals surface area contributed by atoms with E-state index in [0.717, 1.165) is 11.1 Å². The van der Waals surface area contributed by atoms with Gasteiger partial charge in [-0.2, -0.15) is 0 Å². The second-order valence-electron chi connectivity index (χ2n) is 6.37. The van der Waals surface area contributed by atoms with Gasteiger partial charge in [-0.15, -0.1) is 0 Å². The van der Waals surface area contributed by atoms with Crippen molar-refractivity contribution < 1.29 is 14.4 Å². The van der Waals surface area contributed by atoms with Crippen molar-refractivity contribution in [1.29, 1.82) is 0 Å². The van der Waals surface area contributed by atoms with Gasteiger partial charge in [0.05, 0.1) is 20.6 Å². The van der Waals surface area contributed by atoms with E-state index in [2.05, 4.69) is 25.9 Å². The number of phenolic OH excluding ortho intramolecular Hbond substituents is 1. The maximum atomic E-state index is 11.1. The standard InChI is InChI=1S/C21H14BrN3O4/c1-12-3-2-4-19-20(12)24-21(29-19)15-10-14(6-8-18(15)26)23-11-13-5-7-16(22)17(9-13)25(27)28/h2-11,26H,1H3. The molecule has 0 aliphatic heterocycles. The number of phenols is 1. The van der Waals surface area contributed by atoms with Crippen LogP contribution in [0.2, 0.25) is 0 Å². The number of nitrogens with zero attached hydrogens (tertiary/aromatic N) is 3. The lowest BCUT2D eigenvalue weighted by atomic mass is 10.1. The number of aromatic nitrogens is 1. The first-order valence-corrected chi connectivity index (χ1v) is 9.39. The van der Waals surface area contributed by atoms with E-state index in [1.165, 1.54) is 18.3 Å². The highest BCUT2D eigenvalue weighted by molar-refractivity contribution is 9.10. The molecule has 0 saturated carbocycles. The van der Waals surface area contributed by atoms with Gasteiger partial charge in [-0.05, 0) is 64.3 Å². The van der Waals surface area contributed by atoms with Crippen LogP contribution in [0.25, 0.3) is 22.6 Å². The predicted molar refractivity (Wildman–Crippen MR) is 114 cm³/mol. The van der Waals surface area contributed by atoms with Gasteiger partial charge in [0.1, 0.15) is 11.3 Å². The highest BCUT2D eigenvalue weighted by atomic mass is 79.9. The molecule has 0 fully saturated rings. The van der Waals surface area contributed by atoms with Gasteiger partial charge in [0, 0.05) is 12.3 Å².